The van der Waals surface area contributed by atoms with Crippen molar-refractivity contribution in [1.29, 1.82) is 0 Å². The van der Waals surface area contributed by atoms with E-state index >= 15 is 0 Å². The molecule has 26 heavy (non-hydrogen) atoms. The fourth-order valence-electron chi connectivity index (χ4n) is 4.73. The second-order valence-corrected chi connectivity index (χ2v) is 9.03. The van der Waals surface area contributed by atoms with Gasteiger partial charge < -0.3 is 11.1 Å². The number of fused-ring (bicyclic) bond motifs is 2. The predicted molar refractivity (Wildman–Crippen MR) is 106 cm³/mol. The van der Waals surface area contributed by atoms with Crippen LogP contribution in [0.2, 0.25) is 0 Å². The molecule has 1 aromatic heterocycles. The molecule has 0 radical (unpaired) electrons. The second-order valence-electron chi connectivity index (χ2n) is 8.00. The van der Waals surface area contributed by atoms with Crippen LogP contribution in [0.3, 0.4) is 0 Å². The molecular formula is C21H27N3OS. The van der Waals surface area contributed by atoms with Crippen molar-refractivity contribution < 1.29 is 4.79 Å². The SMILES string of the molecule is Cc1ccc(-c2nc(C)c(C(C)NC(=O)C3C4CCC(C4)C3N)s2)cc1. The quantitative estimate of drug-likeness (QED) is 0.856. The number of hydrogen-bond donors (Lipinski definition) is 2. The molecule has 2 aliphatic carbocycles. The van der Waals surface area contributed by atoms with Gasteiger partial charge in [0.1, 0.15) is 5.01 Å². The summed E-state index contributed by atoms with van der Waals surface area (Å²) < 4.78 is 0. The largest absolute Gasteiger partial charge is 0.348 e. The van der Waals surface area contributed by atoms with E-state index in [9.17, 15) is 4.79 Å². The molecule has 5 heteroatoms. The molecule has 1 amide bonds. The van der Waals surface area contributed by atoms with Crippen molar-refractivity contribution in [3.63, 3.8) is 0 Å². The Labute approximate surface area is 159 Å². The number of hydrogen-bond acceptors (Lipinski definition) is 4. The molecule has 2 aromatic rings. The highest BCUT2D eigenvalue weighted by Crippen LogP contribution is 2.47. The minimum Gasteiger partial charge on any atom is -0.348 e. The Balaban J connectivity index is 1.49. The Morgan fingerprint density at radius 3 is 2.58 bits per heavy atom. The van der Waals surface area contributed by atoms with Crippen molar-refractivity contribution in [3.8, 4) is 10.6 Å². The lowest BCUT2D eigenvalue weighted by atomic mass is 9.84. The summed E-state index contributed by atoms with van der Waals surface area (Å²) >= 11 is 1.67. The van der Waals surface area contributed by atoms with E-state index in [0.29, 0.717) is 11.8 Å². The lowest BCUT2D eigenvalue weighted by molar-refractivity contribution is -0.127. The van der Waals surface area contributed by atoms with Gasteiger partial charge in [-0.1, -0.05) is 29.8 Å². The number of nitrogens with zero attached hydrogens (tertiary/aromatic N) is 1. The number of benzene rings is 1. The third-order valence-electron chi connectivity index (χ3n) is 6.17. The standard InChI is InChI=1S/C21H27N3OS/c1-11-4-6-14(7-5-11)21-24-13(3)19(26-21)12(2)23-20(25)17-15-8-9-16(10-15)18(17)22/h4-7,12,15-18H,8-10,22H2,1-3H3,(H,23,25). The van der Waals surface area contributed by atoms with Gasteiger partial charge in [0.15, 0.2) is 0 Å². The van der Waals surface area contributed by atoms with E-state index in [1.54, 1.807) is 11.3 Å². The fourth-order valence-corrected chi connectivity index (χ4v) is 5.80. The highest BCUT2D eigenvalue weighted by Gasteiger charge is 2.49. The van der Waals surface area contributed by atoms with Crippen LogP contribution < -0.4 is 11.1 Å². The summed E-state index contributed by atoms with van der Waals surface area (Å²) in [7, 11) is 0. The maximum Gasteiger partial charge on any atom is 0.225 e. The Morgan fingerprint density at radius 2 is 1.92 bits per heavy atom. The number of aryl methyl sites for hydroxylation is 2. The molecular weight excluding hydrogens is 342 g/mol. The molecule has 4 nitrogen and oxygen atoms in total. The van der Waals surface area contributed by atoms with Crippen molar-refractivity contribution in [2.24, 2.45) is 23.5 Å². The molecule has 1 aromatic carbocycles. The van der Waals surface area contributed by atoms with Crippen LogP contribution in [0, 0.1) is 31.6 Å². The number of amides is 1. The molecule has 5 atom stereocenters. The van der Waals surface area contributed by atoms with Gasteiger partial charge in [-0.05, 0) is 51.9 Å². The van der Waals surface area contributed by atoms with E-state index in [4.69, 9.17) is 10.7 Å². The summed E-state index contributed by atoms with van der Waals surface area (Å²) in [4.78, 5) is 18.7. The van der Waals surface area contributed by atoms with Crippen LogP contribution in [-0.2, 0) is 4.79 Å². The van der Waals surface area contributed by atoms with Crippen molar-refractivity contribution >= 4 is 17.2 Å². The highest BCUT2D eigenvalue weighted by atomic mass is 32.1. The van der Waals surface area contributed by atoms with Crippen LogP contribution in [0.4, 0.5) is 0 Å². The number of aromatic nitrogens is 1. The molecule has 1 heterocycles. The Morgan fingerprint density at radius 1 is 1.23 bits per heavy atom. The van der Waals surface area contributed by atoms with Crippen molar-refractivity contribution in [2.75, 3.05) is 0 Å². The van der Waals surface area contributed by atoms with E-state index in [2.05, 4.69) is 43.4 Å². The average molecular weight is 370 g/mol. The first-order valence-electron chi connectivity index (χ1n) is 9.54. The number of carbonyl (C=O) groups excluding carboxylic acids is 1. The summed E-state index contributed by atoms with van der Waals surface area (Å²) in [6.07, 6.45) is 3.48. The van der Waals surface area contributed by atoms with Gasteiger partial charge in [-0.15, -0.1) is 11.3 Å². The normalized spacial score (nSPS) is 28.3. The molecule has 2 fully saturated rings. The van der Waals surface area contributed by atoms with Gasteiger partial charge in [-0.25, -0.2) is 4.98 Å². The van der Waals surface area contributed by atoms with Gasteiger partial charge in [0.2, 0.25) is 5.91 Å². The van der Waals surface area contributed by atoms with Gasteiger partial charge in [0.25, 0.3) is 0 Å². The van der Waals surface area contributed by atoms with Crippen molar-refractivity contribution in [1.82, 2.24) is 10.3 Å². The molecule has 4 rings (SSSR count). The van der Waals surface area contributed by atoms with Gasteiger partial charge >= 0.3 is 0 Å². The first-order valence-corrected chi connectivity index (χ1v) is 10.4. The lowest BCUT2D eigenvalue weighted by Gasteiger charge is -2.28. The van der Waals surface area contributed by atoms with Crippen LogP contribution >= 0.6 is 11.3 Å². The van der Waals surface area contributed by atoms with Crippen molar-refractivity contribution in [3.05, 3.63) is 40.4 Å². The van der Waals surface area contributed by atoms with E-state index in [1.807, 2.05) is 6.92 Å². The summed E-state index contributed by atoms with van der Waals surface area (Å²) in [5.74, 6) is 1.14. The molecule has 3 N–H and O–H groups in total. The Kier molecular flexibility index (Phi) is 4.61. The maximum absolute atomic E-state index is 12.8. The van der Waals surface area contributed by atoms with E-state index in [1.165, 1.54) is 12.0 Å². The molecule has 138 valence electrons. The van der Waals surface area contributed by atoms with Crippen molar-refractivity contribution in [2.45, 2.75) is 52.1 Å². The van der Waals surface area contributed by atoms with Gasteiger partial charge in [0, 0.05) is 11.6 Å². The van der Waals surface area contributed by atoms with E-state index in [0.717, 1.165) is 34.0 Å². The zero-order valence-corrected chi connectivity index (χ0v) is 16.5. The Hall–Kier alpha value is -1.72. The third-order valence-corrected chi connectivity index (χ3v) is 7.56. The summed E-state index contributed by atoms with van der Waals surface area (Å²) in [5, 5.41) is 4.23. The minimum atomic E-state index is -0.0366. The van der Waals surface area contributed by atoms with Gasteiger partial charge in [0.05, 0.1) is 22.5 Å². The number of carbonyl (C=O) groups is 1. The first kappa shape index (κ1) is 17.7. The topological polar surface area (TPSA) is 68.0 Å². The molecule has 0 aliphatic heterocycles. The van der Waals surface area contributed by atoms with E-state index < -0.39 is 0 Å². The summed E-state index contributed by atoms with van der Waals surface area (Å²) in [6, 6.07) is 8.42. The predicted octanol–water partition coefficient (Wildman–Crippen LogP) is 3.98. The molecule has 0 spiro atoms. The minimum absolute atomic E-state index is 0.0130. The van der Waals surface area contributed by atoms with Gasteiger partial charge in [-0.3, -0.25) is 4.79 Å². The molecule has 2 aliphatic rings. The maximum atomic E-state index is 12.8. The molecule has 5 unspecified atom stereocenters. The highest BCUT2D eigenvalue weighted by molar-refractivity contribution is 7.15. The average Bonchev–Trinajstić information content (AvgIpc) is 3.29. The second kappa shape index (κ2) is 6.78. The number of rotatable bonds is 4. The first-order chi connectivity index (χ1) is 12.4. The molecule has 0 saturated heterocycles. The van der Waals surface area contributed by atoms with E-state index in [-0.39, 0.29) is 23.9 Å². The molecule has 2 bridgehead atoms. The summed E-state index contributed by atoms with van der Waals surface area (Å²) in [6.45, 7) is 6.16. The van der Waals surface area contributed by atoms with Crippen LogP contribution in [0.1, 0.15) is 48.4 Å². The Bertz CT molecular complexity index is 811. The van der Waals surface area contributed by atoms with Crippen LogP contribution in [0.15, 0.2) is 24.3 Å². The van der Waals surface area contributed by atoms with Crippen LogP contribution in [0.25, 0.3) is 10.6 Å². The zero-order chi connectivity index (χ0) is 18.4. The third kappa shape index (κ3) is 3.08. The number of thiazole rings is 1. The number of nitrogens with two attached hydrogens (primary N) is 1. The van der Waals surface area contributed by atoms with Gasteiger partial charge in [-0.2, -0.15) is 0 Å². The monoisotopic (exact) mass is 369 g/mol. The lowest BCUT2D eigenvalue weighted by Crippen LogP contribution is -2.45. The smallest absolute Gasteiger partial charge is 0.225 e. The van der Waals surface area contributed by atoms with Crippen LogP contribution in [-0.4, -0.2) is 16.9 Å². The fraction of sp³-hybridized carbons (Fsp3) is 0.524. The summed E-state index contributed by atoms with van der Waals surface area (Å²) in [5.41, 5.74) is 9.70. The number of nitrogens with one attached hydrogen (secondary N) is 1. The van der Waals surface area contributed by atoms with Crippen LogP contribution in [0.5, 0.6) is 0 Å². The molecule has 2 saturated carbocycles. The zero-order valence-electron chi connectivity index (χ0n) is 15.7.